The second kappa shape index (κ2) is 9.76. The zero-order valence-corrected chi connectivity index (χ0v) is 19.1. The number of rotatable bonds is 9. The fraction of sp³-hybridized carbons (Fsp3) is 0.353. The van der Waals surface area contributed by atoms with Gasteiger partial charge in [0.1, 0.15) is 18.7 Å². The summed E-state index contributed by atoms with van der Waals surface area (Å²) in [5.74, 6) is 0.344. The Kier molecular flexibility index (Phi) is 7.12. The molecule has 0 bridgehead atoms. The maximum atomic E-state index is 10.9. The summed E-state index contributed by atoms with van der Waals surface area (Å²) >= 11 is 0. The molecule has 1 aliphatic heterocycles. The van der Waals surface area contributed by atoms with E-state index in [1.54, 1.807) is 28.8 Å². The fourth-order valence-electron chi connectivity index (χ4n) is 3.39. The Morgan fingerprint density at radius 1 is 1.12 bits per heavy atom. The third-order valence-electron chi connectivity index (χ3n) is 4.87. The van der Waals surface area contributed by atoms with Gasteiger partial charge in [0.15, 0.2) is 17.0 Å². The summed E-state index contributed by atoms with van der Waals surface area (Å²) in [6, 6.07) is 6.66. The highest BCUT2D eigenvalue weighted by molar-refractivity contribution is 7.46. The van der Waals surface area contributed by atoms with Gasteiger partial charge in [0.05, 0.1) is 25.6 Å². The number of phosphoric ester groups is 2. The first-order valence-corrected chi connectivity index (χ1v) is 12.8. The average molecular weight is 517 g/mol. The van der Waals surface area contributed by atoms with Crippen LogP contribution >= 0.6 is 15.6 Å². The highest BCUT2D eigenvalue weighted by Gasteiger charge is 2.37. The minimum absolute atomic E-state index is 0.120. The molecule has 3 atom stereocenters. The van der Waals surface area contributed by atoms with Gasteiger partial charge < -0.3 is 34.7 Å². The number of benzene rings is 1. The number of nitrogens with zero attached hydrogens (tertiary/aromatic N) is 4. The lowest BCUT2D eigenvalue weighted by atomic mass is 10.2. The van der Waals surface area contributed by atoms with Crippen LogP contribution in [0.1, 0.15) is 18.2 Å². The fourth-order valence-corrected chi connectivity index (χ4v) is 4.05. The molecule has 1 aromatic carbocycles. The number of fused-ring (bicyclic) bond motifs is 1. The Morgan fingerprint density at radius 2 is 1.88 bits per heavy atom. The third kappa shape index (κ3) is 6.23. The molecule has 0 aliphatic carbocycles. The van der Waals surface area contributed by atoms with Gasteiger partial charge in [-0.15, -0.1) is 0 Å². The summed E-state index contributed by atoms with van der Waals surface area (Å²) in [5.41, 5.74) is 1.84. The van der Waals surface area contributed by atoms with Crippen LogP contribution in [0.4, 0.5) is 11.5 Å². The number of aliphatic hydroxyl groups is 1. The number of imidazole rings is 1. The van der Waals surface area contributed by atoms with Gasteiger partial charge in [0.2, 0.25) is 0 Å². The van der Waals surface area contributed by atoms with Crippen LogP contribution in [0.25, 0.3) is 11.2 Å². The Bertz CT molecular complexity index is 1260. The van der Waals surface area contributed by atoms with Crippen molar-refractivity contribution in [3.05, 3.63) is 42.5 Å². The summed E-state index contributed by atoms with van der Waals surface area (Å²) in [7, 11) is -9.31. The molecule has 4 rings (SSSR count). The summed E-state index contributed by atoms with van der Waals surface area (Å²) in [6.45, 7) is -0.777. The van der Waals surface area contributed by atoms with Crippen molar-refractivity contribution in [3.63, 3.8) is 0 Å². The lowest BCUT2D eigenvalue weighted by Gasteiger charge is -2.16. The van der Waals surface area contributed by atoms with Crippen molar-refractivity contribution in [1.82, 2.24) is 19.5 Å². The van der Waals surface area contributed by atoms with E-state index in [1.165, 1.54) is 12.7 Å². The number of aliphatic hydroxyl groups excluding tert-OH is 1. The van der Waals surface area contributed by atoms with Crippen LogP contribution in [0.15, 0.2) is 36.9 Å². The quantitative estimate of drug-likeness (QED) is 0.218. The van der Waals surface area contributed by atoms with E-state index in [2.05, 4.69) is 29.3 Å². The van der Waals surface area contributed by atoms with E-state index < -0.39 is 40.7 Å². The molecule has 0 spiro atoms. The molecule has 0 amide bonds. The molecule has 1 fully saturated rings. The first-order valence-electron chi connectivity index (χ1n) is 9.76. The molecule has 0 unspecified atom stereocenters. The molecule has 17 heteroatoms. The monoisotopic (exact) mass is 517 g/mol. The minimum atomic E-state index is -4.71. The molecule has 3 heterocycles. The molecule has 1 aliphatic rings. The molecule has 0 saturated carbocycles. The number of aromatic nitrogens is 4. The zero-order valence-electron chi connectivity index (χ0n) is 17.3. The predicted molar refractivity (Wildman–Crippen MR) is 114 cm³/mol. The summed E-state index contributed by atoms with van der Waals surface area (Å²) in [6.07, 6.45) is 0.178. The van der Waals surface area contributed by atoms with Crippen molar-refractivity contribution < 1.29 is 47.6 Å². The molecule has 15 nitrogen and oxygen atoms in total. The van der Waals surface area contributed by atoms with E-state index >= 15 is 0 Å². The van der Waals surface area contributed by atoms with Gasteiger partial charge >= 0.3 is 15.6 Å². The van der Waals surface area contributed by atoms with E-state index in [-0.39, 0.29) is 13.0 Å². The Hall–Kier alpha value is -2.29. The molecular weight excluding hydrogens is 496 g/mol. The minimum Gasteiger partial charge on any atom is -0.390 e. The van der Waals surface area contributed by atoms with E-state index in [0.29, 0.717) is 28.2 Å². The maximum Gasteiger partial charge on any atom is 0.469 e. The van der Waals surface area contributed by atoms with E-state index in [1.807, 2.05) is 0 Å². The smallest absolute Gasteiger partial charge is 0.390 e. The van der Waals surface area contributed by atoms with E-state index in [9.17, 15) is 14.2 Å². The number of hydrogen-bond acceptors (Lipinski definition) is 10. The summed E-state index contributed by atoms with van der Waals surface area (Å²) in [4.78, 5) is 48.2. The van der Waals surface area contributed by atoms with Gasteiger partial charge in [-0.1, -0.05) is 12.1 Å². The second-order valence-corrected chi connectivity index (χ2v) is 9.83. The van der Waals surface area contributed by atoms with Crippen molar-refractivity contribution in [2.45, 2.75) is 31.5 Å². The first kappa shape index (κ1) is 24.8. The first-order chi connectivity index (χ1) is 16.0. The van der Waals surface area contributed by atoms with Gasteiger partial charge in [0, 0.05) is 12.1 Å². The summed E-state index contributed by atoms with van der Waals surface area (Å²) in [5, 5.41) is 13.3. The van der Waals surface area contributed by atoms with Crippen LogP contribution in [0.2, 0.25) is 0 Å². The molecule has 6 N–H and O–H groups in total. The largest absolute Gasteiger partial charge is 0.469 e. The van der Waals surface area contributed by atoms with Gasteiger partial charge in [-0.3, -0.25) is 13.6 Å². The molecule has 34 heavy (non-hydrogen) atoms. The number of nitrogens with one attached hydrogen (secondary N) is 1. The van der Waals surface area contributed by atoms with Crippen molar-refractivity contribution in [2.24, 2.45) is 0 Å². The second-order valence-electron chi connectivity index (χ2n) is 7.35. The van der Waals surface area contributed by atoms with Crippen molar-refractivity contribution >= 4 is 38.3 Å². The maximum absolute atomic E-state index is 10.9. The molecule has 0 radical (unpaired) electrons. The molecule has 1 saturated heterocycles. The third-order valence-corrected chi connectivity index (χ3v) is 5.82. The normalized spacial score (nSPS) is 21.3. The highest BCUT2D eigenvalue weighted by Crippen LogP contribution is 2.39. The van der Waals surface area contributed by atoms with Gasteiger partial charge in [0.25, 0.3) is 0 Å². The van der Waals surface area contributed by atoms with Gasteiger partial charge in [-0.2, -0.15) is 0 Å². The van der Waals surface area contributed by atoms with Crippen molar-refractivity contribution in [1.29, 1.82) is 0 Å². The van der Waals surface area contributed by atoms with Crippen molar-refractivity contribution in [3.8, 4) is 0 Å². The van der Waals surface area contributed by atoms with Gasteiger partial charge in [-0.05, 0) is 17.7 Å². The van der Waals surface area contributed by atoms with Crippen LogP contribution in [-0.2, 0) is 29.5 Å². The van der Waals surface area contributed by atoms with Crippen LogP contribution < -0.4 is 5.32 Å². The Balaban J connectivity index is 1.51. The molecular formula is C17H21N5O10P2. The molecule has 184 valence electrons. The lowest BCUT2D eigenvalue weighted by molar-refractivity contribution is -0.0424. The molecule has 2 aromatic heterocycles. The Labute approximate surface area is 191 Å². The van der Waals surface area contributed by atoms with Crippen LogP contribution in [0.3, 0.4) is 0 Å². The zero-order chi connectivity index (χ0) is 24.5. The molecule has 3 aromatic rings. The number of phosphoric acid groups is 2. The average Bonchev–Trinajstić information content (AvgIpc) is 3.34. The van der Waals surface area contributed by atoms with Crippen LogP contribution in [-0.4, -0.2) is 63.0 Å². The predicted octanol–water partition coefficient (Wildman–Crippen LogP) is 0.937. The van der Waals surface area contributed by atoms with Crippen LogP contribution in [0, 0.1) is 0 Å². The number of hydrogen-bond donors (Lipinski definition) is 6. The topological polar surface area (TPSA) is 219 Å². The number of anilines is 2. The van der Waals surface area contributed by atoms with Gasteiger partial charge in [-0.25, -0.2) is 24.1 Å². The number of ether oxygens (including phenoxy) is 1. The van der Waals surface area contributed by atoms with E-state index in [4.69, 9.17) is 24.3 Å². The standard InChI is InChI=1S/C17H21N5O10P2/c23-12-5-14(32-13(12)7-31-34(27,28)29)22-9-20-15-16(18-8-19-17(15)22)21-11-3-1-2-10(4-11)6-30-33(24,25)26/h1-4,8-9,12-14,23H,5-7H2,(H,18,19,21)(H2,24,25,26)(H2,27,28,29)/t12-,13+,14+/m0/s1. The SMILES string of the molecule is O=P(O)(O)OCc1cccc(Nc2ncnc3c2ncn3[C@H]2C[C@H](O)[C@@H](COP(=O)(O)O)O2)c1. The van der Waals surface area contributed by atoms with Crippen molar-refractivity contribution in [2.75, 3.05) is 11.9 Å². The lowest BCUT2D eigenvalue weighted by Crippen LogP contribution is -2.25. The Morgan fingerprint density at radius 3 is 2.62 bits per heavy atom. The summed E-state index contributed by atoms with van der Waals surface area (Å²) < 4.78 is 38.1. The highest BCUT2D eigenvalue weighted by atomic mass is 31.2. The van der Waals surface area contributed by atoms with E-state index in [0.717, 1.165) is 0 Å². The van der Waals surface area contributed by atoms with Crippen LogP contribution in [0.5, 0.6) is 0 Å².